The minimum atomic E-state index is -2.59. The first-order valence-electron chi connectivity index (χ1n) is 4.74. The van der Waals surface area contributed by atoms with Crippen molar-refractivity contribution in [1.82, 2.24) is 10.6 Å². The van der Waals surface area contributed by atoms with Crippen LogP contribution in [-0.2, 0) is 10.3 Å². The van der Waals surface area contributed by atoms with Crippen molar-refractivity contribution in [3.05, 3.63) is 35.9 Å². The molecular weight excluding hydrogens is 280 g/mol. The number of azo groups is 1. The molecule has 9 heteroatoms. The lowest BCUT2D eigenvalue weighted by atomic mass is 10.2. The molecule has 1 aromatic rings. The minimum absolute atomic E-state index is 0.367. The summed E-state index contributed by atoms with van der Waals surface area (Å²) >= 11 is 5.86. The number of halogens is 1. The van der Waals surface area contributed by atoms with Gasteiger partial charge in [-0.15, -0.1) is 10.2 Å². The lowest BCUT2D eigenvalue weighted by molar-refractivity contribution is 0.0926. The maximum absolute atomic E-state index is 11.8. The van der Waals surface area contributed by atoms with Crippen LogP contribution in [0.1, 0.15) is 10.4 Å². The highest BCUT2D eigenvalue weighted by molar-refractivity contribution is 7.72. The van der Waals surface area contributed by atoms with Crippen molar-refractivity contribution in [2.75, 3.05) is 0 Å². The van der Waals surface area contributed by atoms with Crippen LogP contribution in [0.25, 0.3) is 0 Å². The third kappa shape index (κ3) is 2.73. The second kappa shape index (κ2) is 4.84. The van der Waals surface area contributed by atoms with Crippen molar-refractivity contribution in [3.63, 3.8) is 0 Å². The number of carbonyl (C=O) groups is 1. The van der Waals surface area contributed by atoms with E-state index in [9.17, 15) is 13.2 Å². The number of amides is 1. The van der Waals surface area contributed by atoms with Gasteiger partial charge in [0.15, 0.2) is 0 Å². The number of rotatable bonds is 2. The Morgan fingerprint density at radius 2 is 2.00 bits per heavy atom. The van der Waals surface area contributed by atoms with Gasteiger partial charge in [-0.1, -0.05) is 18.2 Å². The quantitative estimate of drug-likeness (QED) is 0.463. The van der Waals surface area contributed by atoms with E-state index in [2.05, 4.69) is 20.9 Å². The van der Waals surface area contributed by atoms with Crippen LogP contribution in [0.2, 0.25) is 0 Å². The van der Waals surface area contributed by atoms with Crippen LogP contribution < -0.4 is 10.6 Å². The summed E-state index contributed by atoms with van der Waals surface area (Å²) in [5, 5.41) is 9.14. The Kier molecular flexibility index (Phi) is 3.41. The molecule has 2 N–H and O–H groups in total. The number of carbonyl (C=O) groups excluding carboxylic acids is 1. The fraction of sp³-hybridized carbons (Fsp3) is 0.111. The highest BCUT2D eigenvalue weighted by Gasteiger charge is 2.36. The van der Waals surface area contributed by atoms with E-state index in [1.165, 1.54) is 0 Å². The zero-order valence-electron chi connectivity index (χ0n) is 8.79. The van der Waals surface area contributed by atoms with Crippen molar-refractivity contribution in [3.8, 4) is 0 Å². The van der Waals surface area contributed by atoms with Gasteiger partial charge in [-0.25, -0.2) is 5.32 Å². The van der Waals surface area contributed by atoms with E-state index in [4.69, 9.17) is 11.6 Å². The molecule has 1 atom stereocenters. The molecule has 0 saturated heterocycles. The van der Waals surface area contributed by atoms with Gasteiger partial charge in [0.25, 0.3) is 26.6 Å². The largest absolute Gasteiger partial charge is 0.300 e. The summed E-state index contributed by atoms with van der Waals surface area (Å²) in [5.41, 5.74) is 0.367. The van der Waals surface area contributed by atoms with Gasteiger partial charge in [0.05, 0.1) is 0 Å². The summed E-state index contributed by atoms with van der Waals surface area (Å²) in [5.74, 6) is -0.505. The summed E-state index contributed by atoms with van der Waals surface area (Å²) in [4.78, 5) is 11.8. The number of benzene rings is 1. The molecule has 0 aliphatic carbocycles. The van der Waals surface area contributed by atoms with E-state index in [0.29, 0.717) is 5.56 Å². The molecular formula is C9H7ClN4O3S. The molecule has 1 unspecified atom stereocenters. The fourth-order valence-corrected chi connectivity index (χ4v) is 1.86. The number of nitrogens with zero attached hydrogens (tertiary/aromatic N) is 2. The van der Waals surface area contributed by atoms with Crippen LogP contribution in [-0.4, -0.2) is 24.7 Å². The first kappa shape index (κ1) is 12.7. The second-order valence-corrected chi connectivity index (χ2v) is 4.71. The van der Waals surface area contributed by atoms with E-state index >= 15 is 0 Å². The Bertz CT molecular complexity index is 635. The number of hydrogen-bond acceptors (Lipinski definition) is 4. The molecule has 1 heterocycles. The highest BCUT2D eigenvalue weighted by atomic mass is 35.5. The monoisotopic (exact) mass is 286 g/mol. The van der Waals surface area contributed by atoms with E-state index in [1.807, 2.05) is 0 Å². The predicted molar refractivity (Wildman–Crippen MR) is 64.4 cm³/mol. The molecule has 94 valence electrons. The summed E-state index contributed by atoms with van der Waals surface area (Å²) in [7, 11) is -2.59. The predicted octanol–water partition coefficient (Wildman–Crippen LogP) is 0.288. The first-order chi connectivity index (χ1) is 8.50. The van der Waals surface area contributed by atoms with E-state index in [1.54, 1.807) is 30.3 Å². The molecule has 0 bridgehead atoms. The maximum Gasteiger partial charge on any atom is 0.292 e. The minimum Gasteiger partial charge on any atom is -0.300 e. The lowest BCUT2D eigenvalue weighted by Gasteiger charge is -2.17. The summed E-state index contributed by atoms with van der Waals surface area (Å²) in [6.07, 6.45) is 0. The van der Waals surface area contributed by atoms with Crippen LogP contribution >= 0.6 is 11.6 Å². The molecule has 1 aliphatic heterocycles. The van der Waals surface area contributed by atoms with Crippen molar-refractivity contribution in [1.29, 1.82) is 0 Å². The molecule has 18 heavy (non-hydrogen) atoms. The van der Waals surface area contributed by atoms with Crippen LogP contribution in [0.15, 0.2) is 40.6 Å². The zero-order valence-corrected chi connectivity index (χ0v) is 10.4. The normalized spacial score (nSPS) is 21.9. The van der Waals surface area contributed by atoms with Gasteiger partial charge in [-0.05, 0) is 23.7 Å². The highest BCUT2D eigenvalue weighted by Crippen LogP contribution is 2.16. The molecule has 0 saturated carbocycles. The van der Waals surface area contributed by atoms with E-state index in [0.717, 1.165) is 0 Å². The lowest BCUT2D eigenvalue weighted by Crippen LogP contribution is -2.52. The topological polar surface area (TPSA) is 100.0 Å². The van der Waals surface area contributed by atoms with Gasteiger partial charge < -0.3 is 5.32 Å². The summed E-state index contributed by atoms with van der Waals surface area (Å²) in [6, 6.07) is 8.29. The molecule has 0 fully saturated rings. The molecule has 0 radical (unpaired) electrons. The van der Waals surface area contributed by atoms with Crippen molar-refractivity contribution < 1.29 is 13.2 Å². The van der Waals surface area contributed by atoms with Gasteiger partial charge in [-0.2, -0.15) is 8.42 Å². The molecule has 0 spiro atoms. The third-order valence-corrected chi connectivity index (χ3v) is 2.79. The van der Waals surface area contributed by atoms with Crippen LogP contribution in [0.3, 0.4) is 0 Å². The first-order valence-corrected chi connectivity index (χ1v) is 6.19. The Morgan fingerprint density at radius 1 is 1.33 bits per heavy atom. The average molecular weight is 287 g/mol. The van der Waals surface area contributed by atoms with Gasteiger partial charge in [-0.3, -0.25) is 4.79 Å². The molecule has 2 rings (SSSR count). The van der Waals surface area contributed by atoms with E-state index < -0.39 is 26.6 Å². The number of alkyl halides is 1. The molecule has 0 aromatic heterocycles. The Balaban J connectivity index is 2.15. The van der Waals surface area contributed by atoms with Crippen LogP contribution in [0, 0.1) is 0 Å². The SMILES string of the molecule is O=C(NC1(Cl)N=NC(=S(=O)=O)N1)c1ccccc1. The molecule has 1 amide bonds. The van der Waals surface area contributed by atoms with Crippen LogP contribution in [0.5, 0.6) is 0 Å². The second-order valence-electron chi connectivity index (χ2n) is 3.31. The standard InChI is InChI=1S/C9H7ClN4O3S/c10-9(12-8(13-14-9)18(16)17)11-7(15)6-4-2-1-3-5-6/h1-5,12H,(H,11,15). The van der Waals surface area contributed by atoms with Gasteiger partial charge in [0.2, 0.25) is 0 Å². The van der Waals surface area contributed by atoms with E-state index in [-0.39, 0.29) is 0 Å². The summed E-state index contributed by atoms with van der Waals surface area (Å²) < 4.78 is 21.2. The summed E-state index contributed by atoms with van der Waals surface area (Å²) in [6.45, 7) is 0. The van der Waals surface area contributed by atoms with Gasteiger partial charge in [0.1, 0.15) is 0 Å². The smallest absolute Gasteiger partial charge is 0.292 e. The number of nitrogens with one attached hydrogen (secondary N) is 2. The van der Waals surface area contributed by atoms with Crippen molar-refractivity contribution >= 4 is 32.9 Å². The maximum atomic E-state index is 11.8. The van der Waals surface area contributed by atoms with Gasteiger partial charge >= 0.3 is 0 Å². The molecule has 1 aromatic carbocycles. The van der Waals surface area contributed by atoms with Crippen LogP contribution in [0.4, 0.5) is 0 Å². The molecule has 1 aliphatic rings. The fourth-order valence-electron chi connectivity index (χ4n) is 1.25. The van der Waals surface area contributed by atoms with Gasteiger partial charge in [0, 0.05) is 5.56 Å². The van der Waals surface area contributed by atoms with Crippen molar-refractivity contribution in [2.45, 2.75) is 5.25 Å². The Morgan fingerprint density at radius 3 is 2.56 bits per heavy atom. The Hall–Kier alpha value is -1.77. The van der Waals surface area contributed by atoms with Crippen molar-refractivity contribution in [2.24, 2.45) is 10.2 Å². The average Bonchev–Trinajstić information content (AvgIpc) is 2.73. The number of hydrogen-bond donors (Lipinski definition) is 2. The zero-order chi connectivity index (χ0) is 13.2. The molecule has 7 nitrogen and oxygen atoms in total. The third-order valence-electron chi connectivity index (χ3n) is 2.02. The Labute approximate surface area is 108 Å².